The van der Waals surface area contributed by atoms with Crippen LogP contribution in [0.2, 0.25) is 0 Å². The molecule has 21 heavy (non-hydrogen) atoms. The minimum absolute atomic E-state index is 0.0850. The Morgan fingerprint density at radius 3 is 2.52 bits per heavy atom. The average Bonchev–Trinajstić information content (AvgIpc) is 2.95. The van der Waals surface area contributed by atoms with Crippen LogP contribution in [-0.2, 0) is 19.6 Å². The van der Waals surface area contributed by atoms with E-state index in [-0.39, 0.29) is 6.61 Å². The number of nitrogens with two attached hydrogens (primary N) is 1. The van der Waals surface area contributed by atoms with Crippen LogP contribution in [0.4, 0.5) is 0 Å². The smallest absolute Gasteiger partial charge is 0.123 e. The molecule has 2 rings (SSSR count). The lowest BCUT2D eigenvalue weighted by atomic mass is 10.1. The van der Waals surface area contributed by atoms with E-state index in [0.29, 0.717) is 6.54 Å². The predicted molar refractivity (Wildman–Crippen MR) is 89.2 cm³/mol. The summed E-state index contributed by atoms with van der Waals surface area (Å²) in [7, 11) is 0. The summed E-state index contributed by atoms with van der Waals surface area (Å²) in [6, 6.07) is 8.19. The molecule has 1 heterocycles. The van der Waals surface area contributed by atoms with Crippen LogP contribution < -0.4 is 5.73 Å². The second-order valence-electron chi connectivity index (χ2n) is 5.26. The number of aliphatic hydroxyl groups is 1. The van der Waals surface area contributed by atoms with Gasteiger partial charge in [0.15, 0.2) is 0 Å². The van der Waals surface area contributed by atoms with E-state index < -0.39 is 0 Å². The number of nitrogens with zero attached hydrogens (tertiary/aromatic N) is 1. The molecule has 2 aromatic rings. The van der Waals surface area contributed by atoms with Crippen molar-refractivity contribution in [3.8, 4) is 10.6 Å². The standard InChI is InChI=1S/C17H24N2OS/c1-2-3-4-5-6-15-16(12-20)21-17(19-15)14-9-7-13(11-18)8-10-14/h7-10,20H,2-6,11-12,18H2,1H3. The lowest BCUT2D eigenvalue weighted by Gasteiger charge is -2.00. The molecular weight excluding hydrogens is 280 g/mol. The van der Waals surface area contributed by atoms with E-state index >= 15 is 0 Å². The van der Waals surface area contributed by atoms with Gasteiger partial charge in [0.25, 0.3) is 0 Å². The van der Waals surface area contributed by atoms with Gasteiger partial charge in [-0.3, -0.25) is 0 Å². The fourth-order valence-electron chi connectivity index (χ4n) is 2.33. The van der Waals surface area contributed by atoms with Gasteiger partial charge in [0, 0.05) is 12.1 Å². The molecule has 0 aliphatic heterocycles. The molecular formula is C17H24N2OS. The van der Waals surface area contributed by atoms with Crippen LogP contribution in [0.5, 0.6) is 0 Å². The summed E-state index contributed by atoms with van der Waals surface area (Å²) in [6.45, 7) is 2.86. The van der Waals surface area contributed by atoms with E-state index in [2.05, 4.69) is 19.1 Å². The third-order valence-electron chi connectivity index (χ3n) is 3.63. The molecule has 0 saturated heterocycles. The first kappa shape index (κ1) is 16.1. The summed E-state index contributed by atoms with van der Waals surface area (Å²) in [5, 5.41) is 10.5. The van der Waals surface area contributed by atoms with E-state index in [0.717, 1.165) is 39.5 Å². The highest BCUT2D eigenvalue weighted by Gasteiger charge is 2.11. The van der Waals surface area contributed by atoms with Crippen LogP contribution in [0.1, 0.15) is 48.7 Å². The average molecular weight is 304 g/mol. The SMILES string of the molecule is CCCCCCc1nc(-c2ccc(CN)cc2)sc1CO. The minimum Gasteiger partial charge on any atom is -0.391 e. The maximum Gasteiger partial charge on any atom is 0.123 e. The number of benzene rings is 1. The van der Waals surface area contributed by atoms with Gasteiger partial charge in [0.2, 0.25) is 0 Å². The van der Waals surface area contributed by atoms with Crippen molar-refractivity contribution < 1.29 is 5.11 Å². The molecule has 0 radical (unpaired) electrons. The van der Waals surface area contributed by atoms with Crippen LogP contribution in [0.25, 0.3) is 10.6 Å². The topological polar surface area (TPSA) is 59.1 Å². The van der Waals surface area contributed by atoms with E-state index in [4.69, 9.17) is 10.7 Å². The van der Waals surface area contributed by atoms with E-state index in [1.54, 1.807) is 11.3 Å². The number of hydrogen-bond acceptors (Lipinski definition) is 4. The molecule has 0 fully saturated rings. The highest BCUT2D eigenvalue weighted by Crippen LogP contribution is 2.29. The Labute approximate surface area is 130 Å². The zero-order chi connectivity index (χ0) is 15.1. The minimum atomic E-state index is 0.0850. The van der Waals surface area contributed by atoms with Gasteiger partial charge in [-0.2, -0.15) is 0 Å². The Hall–Kier alpha value is -1.23. The number of aliphatic hydroxyl groups excluding tert-OH is 1. The number of thiazole rings is 1. The van der Waals surface area contributed by atoms with Gasteiger partial charge in [0.05, 0.1) is 17.2 Å². The van der Waals surface area contributed by atoms with Gasteiger partial charge >= 0.3 is 0 Å². The van der Waals surface area contributed by atoms with Gasteiger partial charge in [-0.1, -0.05) is 50.5 Å². The third-order valence-corrected chi connectivity index (χ3v) is 4.76. The molecule has 4 heteroatoms. The van der Waals surface area contributed by atoms with Crippen LogP contribution in [0.3, 0.4) is 0 Å². The Balaban J connectivity index is 2.11. The molecule has 0 amide bonds. The van der Waals surface area contributed by atoms with E-state index in [9.17, 15) is 5.11 Å². The molecule has 0 unspecified atom stereocenters. The Morgan fingerprint density at radius 2 is 1.90 bits per heavy atom. The van der Waals surface area contributed by atoms with Crippen LogP contribution >= 0.6 is 11.3 Å². The molecule has 0 atom stereocenters. The molecule has 0 bridgehead atoms. The van der Waals surface area contributed by atoms with Crippen molar-refractivity contribution in [2.24, 2.45) is 5.73 Å². The summed E-state index contributed by atoms with van der Waals surface area (Å²) < 4.78 is 0. The number of unbranched alkanes of at least 4 members (excludes halogenated alkanes) is 3. The van der Waals surface area contributed by atoms with Crippen LogP contribution in [0, 0.1) is 0 Å². The number of rotatable bonds is 8. The second-order valence-corrected chi connectivity index (χ2v) is 6.34. The molecule has 0 aliphatic rings. The number of aromatic nitrogens is 1. The van der Waals surface area contributed by atoms with E-state index in [1.165, 1.54) is 19.3 Å². The molecule has 3 nitrogen and oxygen atoms in total. The summed E-state index contributed by atoms with van der Waals surface area (Å²) in [6.07, 6.45) is 5.86. The van der Waals surface area contributed by atoms with Crippen molar-refractivity contribution in [3.63, 3.8) is 0 Å². The first-order valence-corrected chi connectivity index (χ1v) is 8.49. The van der Waals surface area contributed by atoms with Crippen molar-refractivity contribution in [1.82, 2.24) is 4.98 Å². The highest BCUT2D eigenvalue weighted by molar-refractivity contribution is 7.15. The van der Waals surface area contributed by atoms with Crippen molar-refractivity contribution in [2.45, 2.75) is 52.2 Å². The molecule has 1 aromatic carbocycles. The second kappa shape index (κ2) is 8.27. The fraction of sp³-hybridized carbons (Fsp3) is 0.471. The maximum absolute atomic E-state index is 9.52. The van der Waals surface area contributed by atoms with Crippen LogP contribution in [0.15, 0.2) is 24.3 Å². The largest absolute Gasteiger partial charge is 0.391 e. The van der Waals surface area contributed by atoms with Crippen molar-refractivity contribution in [2.75, 3.05) is 0 Å². The van der Waals surface area contributed by atoms with Crippen molar-refractivity contribution in [1.29, 1.82) is 0 Å². The normalized spacial score (nSPS) is 11.0. The fourth-order valence-corrected chi connectivity index (χ4v) is 3.30. The zero-order valence-electron chi connectivity index (χ0n) is 12.6. The summed E-state index contributed by atoms with van der Waals surface area (Å²) in [5.41, 5.74) is 8.91. The molecule has 0 spiro atoms. The zero-order valence-corrected chi connectivity index (χ0v) is 13.5. The monoisotopic (exact) mass is 304 g/mol. The van der Waals surface area contributed by atoms with Gasteiger partial charge in [0.1, 0.15) is 5.01 Å². The quantitative estimate of drug-likeness (QED) is 0.728. The first-order valence-electron chi connectivity index (χ1n) is 7.67. The first-order chi connectivity index (χ1) is 10.3. The maximum atomic E-state index is 9.52. The molecule has 114 valence electrons. The number of hydrogen-bond donors (Lipinski definition) is 2. The van der Waals surface area contributed by atoms with Crippen molar-refractivity contribution >= 4 is 11.3 Å². The van der Waals surface area contributed by atoms with Crippen LogP contribution in [-0.4, -0.2) is 10.1 Å². The molecule has 3 N–H and O–H groups in total. The van der Waals surface area contributed by atoms with E-state index in [1.807, 2.05) is 12.1 Å². The highest BCUT2D eigenvalue weighted by atomic mass is 32.1. The molecule has 0 saturated carbocycles. The lowest BCUT2D eigenvalue weighted by molar-refractivity contribution is 0.284. The summed E-state index contributed by atoms with van der Waals surface area (Å²) in [4.78, 5) is 5.74. The van der Waals surface area contributed by atoms with Gasteiger partial charge in [-0.15, -0.1) is 11.3 Å². The third kappa shape index (κ3) is 4.37. The molecule has 0 aliphatic carbocycles. The summed E-state index contributed by atoms with van der Waals surface area (Å²) in [5.74, 6) is 0. The van der Waals surface area contributed by atoms with Gasteiger partial charge in [-0.25, -0.2) is 4.98 Å². The van der Waals surface area contributed by atoms with Crippen molar-refractivity contribution in [3.05, 3.63) is 40.4 Å². The Bertz CT molecular complexity index is 548. The number of aryl methyl sites for hydroxylation is 1. The lowest BCUT2D eigenvalue weighted by Crippen LogP contribution is -1.95. The van der Waals surface area contributed by atoms with Gasteiger partial charge < -0.3 is 10.8 Å². The Morgan fingerprint density at radius 1 is 1.14 bits per heavy atom. The molecule has 1 aromatic heterocycles. The van der Waals surface area contributed by atoms with Gasteiger partial charge in [-0.05, 0) is 18.4 Å². The summed E-state index contributed by atoms with van der Waals surface area (Å²) >= 11 is 1.60. The predicted octanol–water partition coefficient (Wildman–Crippen LogP) is 3.88. The Kier molecular flexibility index (Phi) is 6.36.